The van der Waals surface area contributed by atoms with Crippen molar-refractivity contribution in [3.63, 3.8) is 0 Å². The van der Waals surface area contributed by atoms with E-state index in [9.17, 15) is 4.79 Å². The van der Waals surface area contributed by atoms with Crippen molar-refractivity contribution in [2.75, 3.05) is 23.7 Å². The molecule has 0 spiro atoms. The van der Waals surface area contributed by atoms with Crippen molar-refractivity contribution >= 4 is 27.8 Å². The molecule has 1 aromatic rings. The molecule has 4 heteroatoms. The first-order valence-corrected chi connectivity index (χ1v) is 8.39. The van der Waals surface area contributed by atoms with Crippen molar-refractivity contribution in [3.8, 4) is 0 Å². The first-order chi connectivity index (χ1) is 9.39. The Morgan fingerprint density at radius 3 is 2.40 bits per heavy atom. The van der Waals surface area contributed by atoms with E-state index >= 15 is 0 Å². The number of anilines is 2. The highest BCUT2D eigenvalue weighted by atomic mass is 32.1. The Morgan fingerprint density at radius 1 is 1.30 bits per heavy atom. The molecule has 110 valence electrons. The number of nitrogens with zero attached hydrogens (tertiary/aromatic N) is 1. The topological polar surface area (TPSA) is 46.3 Å². The van der Waals surface area contributed by atoms with Gasteiger partial charge >= 0.3 is 0 Å². The Bertz CT molecular complexity index is 533. The van der Waals surface area contributed by atoms with Crippen LogP contribution in [0.25, 0.3) is 0 Å². The lowest BCUT2D eigenvalue weighted by molar-refractivity contribution is 0.102. The van der Waals surface area contributed by atoms with Gasteiger partial charge < -0.3 is 10.6 Å². The summed E-state index contributed by atoms with van der Waals surface area (Å²) in [5.74, 6) is 0.710. The van der Waals surface area contributed by atoms with E-state index < -0.39 is 0 Å². The average Bonchev–Trinajstić information content (AvgIpc) is 3.13. The highest BCUT2D eigenvalue weighted by Gasteiger charge is 2.35. The number of carbonyl (C=O) groups is 1. The zero-order chi connectivity index (χ0) is 14.5. The predicted octanol–water partition coefficient (Wildman–Crippen LogP) is 4.04. The molecule has 0 aromatic carbocycles. The van der Waals surface area contributed by atoms with Crippen LogP contribution in [0.15, 0.2) is 0 Å². The highest BCUT2D eigenvalue weighted by molar-refractivity contribution is 7.18. The highest BCUT2D eigenvalue weighted by Crippen LogP contribution is 2.52. The molecule has 0 bridgehead atoms. The van der Waals surface area contributed by atoms with Gasteiger partial charge in [0.15, 0.2) is 5.78 Å². The fourth-order valence-electron chi connectivity index (χ4n) is 3.02. The van der Waals surface area contributed by atoms with Crippen molar-refractivity contribution in [1.82, 2.24) is 0 Å². The van der Waals surface area contributed by atoms with E-state index in [1.54, 1.807) is 18.3 Å². The van der Waals surface area contributed by atoms with Crippen LogP contribution in [-0.4, -0.2) is 18.9 Å². The maximum atomic E-state index is 11.8. The predicted molar refractivity (Wildman–Crippen MR) is 85.9 cm³/mol. The number of piperidine rings is 1. The van der Waals surface area contributed by atoms with Crippen molar-refractivity contribution in [1.29, 1.82) is 0 Å². The summed E-state index contributed by atoms with van der Waals surface area (Å²) < 4.78 is 0. The Kier molecular flexibility index (Phi) is 3.32. The summed E-state index contributed by atoms with van der Waals surface area (Å²) in [7, 11) is 0. The molecule has 0 radical (unpaired) electrons. The fourth-order valence-corrected chi connectivity index (χ4v) is 4.28. The second-order valence-corrected chi connectivity index (χ2v) is 8.04. The lowest BCUT2D eigenvalue weighted by Gasteiger charge is -2.38. The quantitative estimate of drug-likeness (QED) is 0.855. The van der Waals surface area contributed by atoms with Gasteiger partial charge in [0, 0.05) is 25.6 Å². The van der Waals surface area contributed by atoms with Gasteiger partial charge in [-0.05, 0) is 37.0 Å². The third-order valence-corrected chi connectivity index (χ3v) is 6.06. The van der Waals surface area contributed by atoms with Gasteiger partial charge in [-0.3, -0.25) is 4.79 Å². The van der Waals surface area contributed by atoms with Crippen molar-refractivity contribution in [2.24, 2.45) is 5.41 Å². The van der Waals surface area contributed by atoms with E-state index in [1.807, 2.05) is 0 Å². The minimum absolute atomic E-state index is 0.109. The van der Waals surface area contributed by atoms with Gasteiger partial charge in [-0.15, -0.1) is 11.3 Å². The maximum absolute atomic E-state index is 11.8. The van der Waals surface area contributed by atoms with E-state index in [0.717, 1.165) is 23.7 Å². The van der Waals surface area contributed by atoms with Gasteiger partial charge in [0.1, 0.15) is 0 Å². The molecular weight excluding hydrogens is 268 g/mol. The number of carbonyl (C=O) groups excluding carboxylic acids is 1. The molecule has 2 fully saturated rings. The summed E-state index contributed by atoms with van der Waals surface area (Å²) in [6.45, 7) is 8.49. The fraction of sp³-hybridized carbons (Fsp3) is 0.688. The first-order valence-electron chi connectivity index (χ1n) is 7.57. The monoisotopic (exact) mass is 292 g/mol. The summed E-state index contributed by atoms with van der Waals surface area (Å²) in [5.41, 5.74) is 8.76. The summed E-state index contributed by atoms with van der Waals surface area (Å²) >= 11 is 1.62. The molecule has 1 aliphatic heterocycles. The number of hydrogen-bond donors (Lipinski definition) is 1. The first kappa shape index (κ1) is 13.9. The van der Waals surface area contributed by atoms with Gasteiger partial charge in [-0.25, -0.2) is 0 Å². The van der Waals surface area contributed by atoms with Gasteiger partial charge in [0.2, 0.25) is 0 Å². The molecule has 0 atom stereocenters. The van der Waals surface area contributed by atoms with Gasteiger partial charge in [0.25, 0.3) is 0 Å². The molecule has 2 heterocycles. The molecule has 0 unspecified atom stereocenters. The SMILES string of the molecule is CC(=O)c1sc(N2CCC(C)(C)CC2)c(C2CC2)c1N. The average molecular weight is 292 g/mol. The molecule has 2 aliphatic rings. The summed E-state index contributed by atoms with van der Waals surface area (Å²) in [5, 5.41) is 1.28. The third kappa shape index (κ3) is 2.46. The smallest absolute Gasteiger partial charge is 0.171 e. The molecular formula is C16H24N2OS. The zero-order valence-corrected chi connectivity index (χ0v) is 13.5. The molecule has 3 rings (SSSR count). The van der Waals surface area contributed by atoms with Crippen LogP contribution < -0.4 is 10.6 Å². The summed E-state index contributed by atoms with van der Waals surface area (Å²) in [6, 6.07) is 0. The Balaban J connectivity index is 1.93. The number of nitrogens with two attached hydrogens (primary N) is 1. The Labute approximate surface area is 125 Å². The standard InChI is InChI=1S/C16H24N2OS/c1-10(19)14-13(17)12(11-4-5-11)15(20-14)18-8-6-16(2,3)7-9-18/h11H,4-9,17H2,1-3H3. The van der Waals surface area contributed by atoms with Crippen LogP contribution in [-0.2, 0) is 0 Å². The Hall–Kier alpha value is -1.03. The minimum Gasteiger partial charge on any atom is -0.397 e. The molecule has 1 saturated carbocycles. The number of rotatable bonds is 3. The van der Waals surface area contributed by atoms with Gasteiger partial charge in [0.05, 0.1) is 15.6 Å². The molecule has 1 aromatic heterocycles. The second kappa shape index (κ2) is 4.76. The molecule has 3 nitrogen and oxygen atoms in total. The molecule has 20 heavy (non-hydrogen) atoms. The van der Waals surface area contributed by atoms with E-state index in [0.29, 0.717) is 11.3 Å². The van der Waals surface area contributed by atoms with E-state index in [-0.39, 0.29) is 5.78 Å². The second-order valence-electron chi connectivity index (χ2n) is 7.05. The largest absolute Gasteiger partial charge is 0.397 e. The van der Waals surface area contributed by atoms with Crippen molar-refractivity contribution in [3.05, 3.63) is 10.4 Å². The number of nitrogen functional groups attached to an aromatic ring is 1. The Morgan fingerprint density at radius 2 is 1.90 bits per heavy atom. The van der Waals surface area contributed by atoms with E-state index in [4.69, 9.17) is 5.73 Å². The van der Waals surface area contributed by atoms with Crippen molar-refractivity contribution in [2.45, 2.75) is 52.4 Å². The van der Waals surface area contributed by atoms with E-state index in [2.05, 4.69) is 18.7 Å². The van der Waals surface area contributed by atoms with Crippen LogP contribution in [0.2, 0.25) is 0 Å². The van der Waals surface area contributed by atoms with Crippen molar-refractivity contribution < 1.29 is 4.79 Å². The van der Waals surface area contributed by atoms with Crippen LogP contribution in [0, 0.1) is 5.41 Å². The zero-order valence-electron chi connectivity index (χ0n) is 12.7. The maximum Gasteiger partial charge on any atom is 0.171 e. The van der Waals surface area contributed by atoms with Crippen LogP contribution in [0.5, 0.6) is 0 Å². The van der Waals surface area contributed by atoms with Crippen LogP contribution in [0.4, 0.5) is 10.7 Å². The molecule has 1 saturated heterocycles. The summed E-state index contributed by atoms with van der Waals surface area (Å²) in [4.78, 5) is 15.0. The number of Topliss-reactive ketones (excluding diaryl/α,β-unsaturated/α-hetero) is 1. The lowest BCUT2D eigenvalue weighted by Crippen LogP contribution is -2.37. The van der Waals surface area contributed by atoms with Gasteiger partial charge in [-0.1, -0.05) is 13.8 Å². The summed E-state index contributed by atoms with van der Waals surface area (Å²) in [6.07, 6.45) is 4.88. The molecule has 1 aliphatic carbocycles. The van der Waals surface area contributed by atoms with Crippen LogP contribution in [0.3, 0.4) is 0 Å². The third-order valence-electron chi connectivity index (χ3n) is 4.67. The number of thiophene rings is 1. The normalized spacial score (nSPS) is 22.1. The molecule has 2 N–H and O–H groups in total. The van der Waals surface area contributed by atoms with Crippen LogP contribution >= 0.6 is 11.3 Å². The molecule has 0 amide bonds. The number of ketones is 1. The minimum atomic E-state index is 0.109. The van der Waals surface area contributed by atoms with Gasteiger partial charge in [-0.2, -0.15) is 0 Å². The van der Waals surface area contributed by atoms with E-state index in [1.165, 1.54) is 36.2 Å². The number of hydrogen-bond acceptors (Lipinski definition) is 4. The lowest BCUT2D eigenvalue weighted by atomic mass is 9.83. The van der Waals surface area contributed by atoms with Crippen LogP contribution in [0.1, 0.15) is 67.6 Å².